The monoisotopic (exact) mass is 522 g/mol. The van der Waals surface area contributed by atoms with E-state index < -0.39 is 23.0 Å². The number of anilines is 1. The second kappa shape index (κ2) is 11.9. The first-order valence-corrected chi connectivity index (χ1v) is 12.2. The van der Waals surface area contributed by atoms with Gasteiger partial charge in [0.1, 0.15) is 28.7 Å². The molecule has 0 fully saturated rings. The van der Waals surface area contributed by atoms with Crippen LogP contribution in [0, 0.1) is 11.6 Å². The highest BCUT2D eigenvalue weighted by atomic mass is 19.1. The summed E-state index contributed by atoms with van der Waals surface area (Å²) in [5.74, 6) is -1.24. The summed E-state index contributed by atoms with van der Waals surface area (Å²) in [6.45, 7) is 4.30. The van der Waals surface area contributed by atoms with Crippen LogP contribution < -0.4 is 19.8 Å². The van der Waals surface area contributed by atoms with Crippen LogP contribution in [0.1, 0.15) is 30.6 Å². The van der Waals surface area contributed by atoms with Crippen LogP contribution in [-0.4, -0.2) is 37.5 Å². The molecule has 3 aromatic carbocycles. The standard InChI is InChI=1S/C29H28F2N2O5/c1-4-11-37-23-8-6-7-21(15-23)33-17-26(28(34)25-10-9-24(16-27(25)33)38-18-36-3)29(35)32(5-2)22-13-19(30)12-20(31)14-22/h6-10,12-17H,4-5,11,18H2,1-3H3. The van der Waals surface area contributed by atoms with Crippen molar-refractivity contribution in [3.63, 3.8) is 0 Å². The molecule has 4 rings (SSSR count). The maximum atomic E-state index is 13.9. The Kier molecular flexibility index (Phi) is 8.38. The van der Waals surface area contributed by atoms with Gasteiger partial charge in [-0.3, -0.25) is 9.59 Å². The van der Waals surface area contributed by atoms with Gasteiger partial charge in [-0.1, -0.05) is 13.0 Å². The lowest BCUT2D eigenvalue weighted by Gasteiger charge is -2.22. The van der Waals surface area contributed by atoms with E-state index >= 15 is 0 Å². The fraction of sp³-hybridized carbons (Fsp3) is 0.241. The first-order valence-electron chi connectivity index (χ1n) is 12.2. The van der Waals surface area contributed by atoms with Gasteiger partial charge < -0.3 is 23.7 Å². The minimum atomic E-state index is -0.824. The number of carbonyl (C=O) groups is 1. The Morgan fingerprint density at radius 2 is 1.68 bits per heavy atom. The number of halogens is 2. The van der Waals surface area contributed by atoms with Crippen molar-refractivity contribution < 1.29 is 27.8 Å². The highest BCUT2D eigenvalue weighted by Gasteiger charge is 2.23. The summed E-state index contributed by atoms with van der Waals surface area (Å²) in [6, 6.07) is 15.0. The Morgan fingerprint density at radius 3 is 2.37 bits per heavy atom. The van der Waals surface area contributed by atoms with E-state index in [2.05, 4.69) is 0 Å². The number of carbonyl (C=O) groups excluding carboxylic acids is 1. The summed E-state index contributed by atoms with van der Waals surface area (Å²) in [7, 11) is 1.50. The number of methoxy groups -OCH3 is 1. The summed E-state index contributed by atoms with van der Waals surface area (Å²) in [5, 5.41) is 0.266. The fourth-order valence-corrected chi connectivity index (χ4v) is 4.11. The smallest absolute Gasteiger partial charge is 0.263 e. The third-order valence-corrected chi connectivity index (χ3v) is 5.84. The maximum Gasteiger partial charge on any atom is 0.263 e. The zero-order valence-electron chi connectivity index (χ0n) is 21.4. The number of ether oxygens (including phenoxy) is 3. The van der Waals surface area contributed by atoms with Crippen molar-refractivity contribution in [1.29, 1.82) is 0 Å². The molecule has 0 unspecified atom stereocenters. The van der Waals surface area contributed by atoms with Gasteiger partial charge in [-0.05, 0) is 49.7 Å². The molecule has 0 saturated carbocycles. The number of pyridine rings is 1. The molecule has 0 aliphatic carbocycles. The predicted octanol–water partition coefficient (Wildman–Crippen LogP) is 5.71. The number of benzene rings is 3. The van der Waals surface area contributed by atoms with Gasteiger partial charge in [0.05, 0.1) is 12.1 Å². The number of aromatic nitrogens is 1. The minimum absolute atomic E-state index is 0.0133. The largest absolute Gasteiger partial charge is 0.494 e. The van der Waals surface area contributed by atoms with Crippen molar-refractivity contribution in [3.8, 4) is 17.2 Å². The molecule has 7 nitrogen and oxygen atoms in total. The van der Waals surface area contributed by atoms with E-state index in [4.69, 9.17) is 14.2 Å². The molecule has 0 saturated heterocycles. The summed E-state index contributed by atoms with van der Waals surface area (Å²) in [6.07, 6.45) is 2.27. The molecule has 0 spiro atoms. The molecule has 9 heteroatoms. The van der Waals surface area contributed by atoms with Crippen LogP contribution in [-0.2, 0) is 4.74 Å². The number of fused-ring (bicyclic) bond motifs is 1. The van der Waals surface area contributed by atoms with Crippen molar-refractivity contribution in [3.05, 3.63) is 94.3 Å². The van der Waals surface area contributed by atoms with Crippen molar-refractivity contribution in [1.82, 2.24) is 4.57 Å². The van der Waals surface area contributed by atoms with Crippen molar-refractivity contribution in [2.75, 3.05) is 32.0 Å². The van der Waals surface area contributed by atoms with Crippen molar-refractivity contribution >= 4 is 22.5 Å². The van der Waals surface area contributed by atoms with Crippen LogP contribution in [0.3, 0.4) is 0 Å². The Hall–Kier alpha value is -4.24. The van der Waals surface area contributed by atoms with E-state index in [-0.39, 0.29) is 30.0 Å². The van der Waals surface area contributed by atoms with E-state index in [1.807, 2.05) is 25.1 Å². The van der Waals surface area contributed by atoms with Crippen LogP contribution in [0.15, 0.2) is 71.7 Å². The third kappa shape index (κ3) is 5.68. The van der Waals surface area contributed by atoms with E-state index in [0.717, 1.165) is 29.5 Å². The zero-order chi connectivity index (χ0) is 27.2. The van der Waals surface area contributed by atoms with E-state index in [9.17, 15) is 18.4 Å². The SMILES string of the molecule is CCCOc1cccc(-n2cc(C(=O)N(CC)c3cc(F)cc(F)c3)c(=O)c3ccc(OCOC)cc32)c1. The van der Waals surface area contributed by atoms with E-state index in [0.29, 0.717) is 29.3 Å². The highest BCUT2D eigenvalue weighted by Crippen LogP contribution is 2.26. The molecular weight excluding hydrogens is 494 g/mol. The lowest BCUT2D eigenvalue weighted by atomic mass is 10.1. The van der Waals surface area contributed by atoms with Crippen molar-refractivity contribution in [2.45, 2.75) is 20.3 Å². The number of hydrogen-bond donors (Lipinski definition) is 0. The fourth-order valence-electron chi connectivity index (χ4n) is 4.11. The first kappa shape index (κ1) is 26.8. The highest BCUT2D eigenvalue weighted by molar-refractivity contribution is 6.07. The number of rotatable bonds is 10. The summed E-state index contributed by atoms with van der Waals surface area (Å²) in [5.41, 5.74) is 0.469. The normalized spacial score (nSPS) is 11.0. The van der Waals surface area contributed by atoms with Gasteiger partial charge in [-0.2, -0.15) is 0 Å². The maximum absolute atomic E-state index is 13.9. The zero-order valence-corrected chi connectivity index (χ0v) is 21.4. The summed E-state index contributed by atoms with van der Waals surface area (Å²) >= 11 is 0. The van der Waals surface area contributed by atoms with Gasteiger partial charge in [-0.15, -0.1) is 0 Å². The molecule has 0 atom stereocenters. The molecule has 1 amide bonds. The first-order chi connectivity index (χ1) is 18.4. The topological polar surface area (TPSA) is 70.0 Å². The Bertz CT molecular complexity index is 1500. The number of nitrogens with zero attached hydrogens (tertiary/aromatic N) is 2. The van der Waals surface area contributed by atoms with Gasteiger partial charge in [0.15, 0.2) is 6.79 Å². The third-order valence-electron chi connectivity index (χ3n) is 5.84. The van der Waals surface area contributed by atoms with E-state index in [1.54, 1.807) is 35.8 Å². The predicted molar refractivity (Wildman–Crippen MR) is 142 cm³/mol. The van der Waals surface area contributed by atoms with Crippen LogP contribution in [0.2, 0.25) is 0 Å². The van der Waals surface area contributed by atoms with Crippen LogP contribution >= 0.6 is 0 Å². The van der Waals surface area contributed by atoms with Gasteiger partial charge in [0, 0.05) is 54.8 Å². The molecule has 1 heterocycles. The number of hydrogen-bond acceptors (Lipinski definition) is 5. The van der Waals surface area contributed by atoms with Crippen LogP contribution in [0.5, 0.6) is 11.5 Å². The lowest BCUT2D eigenvalue weighted by molar-refractivity contribution is 0.0512. The molecule has 198 valence electrons. The van der Waals surface area contributed by atoms with Gasteiger partial charge in [0.25, 0.3) is 5.91 Å². The number of amides is 1. The molecule has 1 aromatic heterocycles. The molecule has 4 aromatic rings. The van der Waals surface area contributed by atoms with Crippen molar-refractivity contribution in [2.24, 2.45) is 0 Å². The Morgan fingerprint density at radius 1 is 0.947 bits per heavy atom. The second-order valence-corrected chi connectivity index (χ2v) is 8.49. The summed E-state index contributed by atoms with van der Waals surface area (Å²) < 4.78 is 45.9. The summed E-state index contributed by atoms with van der Waals surface area (Å²) in [4.78, 5) is 28.4. The molecule has 0 aliphatic heterocycles. The average Bonchev–Trinajstić information content (AvgIpc) is 2.91. The van der Waals surface area contributed by atoms with Gasteiger partial charge in [-0.25, -0.2) is 8.78 Å². The van der Waals surface area contributed by atoms with Gasteiger partial charge >= 0.3 is 0 Å². The van der Waals surface area contributed by atoms with Crippen LogP contribution in [0.4, 0.5) is 14.5 Å². The Labute approximate surface area is 218 Å². The minimum Gasteiger partial charge on any atom is -0.494 e. The molecular formula is C29H28F2N2O5. The quantitative estimate of drug-likeness (QED) is 0.250. The lowest BCUT2D eigenvalue weighted by Crippen LogP contribution is -2.35. The molecule has 0 radical (unpaired) electrons. The molecule has 38 heavy (non-hydrogen) atoms. The average molecular weight is 523 g/mol. The Balaban J connectivity index is 1.91. The van der Waals surface area contributed by atoms with Gasteiger partial charge in [0.2, 0.25) is 5.43 Å². The second-order valence-electron chi connectivity index (χ2n) is 8.49. The van der Waals surface area contributed by atoms with Crippen LogP contribution in [0.25, 0.3) is 16.6 Å². The molecule has 0 N–H and O–H groups in total. The molecule has 0 bridgehead atoms. The van der Waals surface area contributed by atoms with E-state index in [1.165, 1.54) is 13.3 Å². The molecule has 0 aliphatic rings.